The molecule has 1 aromatic heterocycles. The quantitative estimate of drug-likeness (QED) is 0.800. The minimum Gasteiger partial charge on any atom is -0.494 e. The lowest BCUT2D eigenvalue weighted by atomic mass is 10.3. The van der Waals surface area contributed by atoms with E-state index in [9.17, 15) is 4.79 Å². The van der Waals surface area contributed by atoms with Gasteiger partial charge in [-0.25, -0.2) is 4.99 Å². The molecule has 1 heterocycles. The number of nitrogens with zero attached hydrogens (tertiary/aromatic N) is 1. The van der Waals surface area contributed by atoms with Crippen molar-refractivity contribution in [3.05, 3.63) is 52.7 Å². The topological polar surface area (TPSA) is 51.8 Å². The highest BCUT2D eigenvalue weighted by atomic mass is 35.5. The number of para-hydroxylation sites is 2. The van der Waals surface area contributed by atoms with E-state index in [1.54, 1.807) is 19.2 Å². The first-order valence-electron chi connectivity index (χ1n) is 5.16. The summed E-state index contributed by atoms with van der Waals surface area (Å²) in [7, 11) is 1.56. The van der Waals surface area contributed by atoms with Crippen molar-refractivity contribution >= 4 is 23.6 Å². The Labute approximate surface area is 108 Å². The summed E-state index contributed by atoms with van der Waals surface area (Å²) in [5.74, 6) is 0.628. The van der Waals surface area contributed by atoms with E-state index >= 15 is 0 Å². The van der Waals surface area contributed by atoms with Crippen LogP contribution < -0.4 is 10.3 Å². The lowest BCUT2D eigenvalue weighted by molar-refractivity contribution is 0.112. The van der Waals surface area contributed by atoms with Crippen LogP contribution in [0.15, 0.2) is 46.0 Å². The van der Waals surface area contributed by atoms with Gasteiger partial charge in [-0.15, -0.1) is 0 Å². The maximum Gasteiger partial charge on any atom is 0.220 e. The zero-order valence-corrected chi connectivity index (χ0v) is 10.3. The summed E-state index contributed by atoms with van der Waals surface area (Å²) < 4.78 is 10.4. The van der Waals surface area contributed by atoms with E-state index in [0.717, 1.165) is 0 Å². The van der Waals surface area contributed by atoms with E-state index in [2.05, 4.69) is 4.99 Å². The fourth-order valence-corrected chi connectivity index (χ4v) is 1.57. The lowest BCUT2D eigenvalue weighted by Crippen LogP contribution is -2.00. The van der Waals surface area contributed by atoms with Gasteiger partial charge < -0.3 is 9.15 Å². The Kier molecular flexibility index (Phi) is 3.79. The molecule has 0 radical (unpaired) electrons. The molecule has 0 amide bonds. The minimum absolute atomic E-state index is 0.288. The Morgan fingerprint density at radius 3 is 2.83 bits per heavy atom. The van der Waals surface area contributed by atoms with Crippen LogP contribution in [0.5, 0.6) is 5.75 Å². The molecular formula is C13H10ClNO3. The zero-order valence-electron chi connectivity index (χ0n) is 9.59. The molecule has 0 N–H and O–H groups in total. The van der Waals surface area contributed by atoms with Gasteiger partial charge >= 0.3 is 0 Å². The highest BCUT2D eigenvalue weighted by molar-refractivity contribution is 6.32. The normalized spacial score (nSPS) is 11.3. The molecule has 0 fully saturated rings. The second kappa shape index (κ2) is 5.51. The molecule has 5 heteroatoms. The van der Waals surface area contributed by atoms with Gasteiger partial charge in [-0.1, -0.05) is 23.7 Å². The number of carbonyl (C=O) groups excluding carboxylic acids is 1. The van der Waals surface area contributed by atoms with E-state index < -0.39 is 0 Å². The number of aldehydes is 1. The number of halogens is 1. The summed E-state index contributed by atoms with van der Waals surface area (Å²) in [6.07, 6.45) is 1.89. The number of methoxy groups -OCH3 is 1. The van der Waals surface area contributed by atoms with E-state index in [1.807, 2.05) is 12.1 Å². The number of hydrogen-bond acceptors (Lipinski definition) is 4. The van der Waals surface area contributed by atoms with E-state index in [-0.39, 0.29) is 5.56 Å². The summed E-state index contributed by atoms with van der Waals surface area (Å²) in [6.45, 7) is 0. The first kappa shape index (κ1) is 12.4. The smallest absolute Gasteiger partial charge is 0.220 e. The molecule has 0 saturated carbocycles. The summed E-state index contributed by atoms with van der Waals surface area (Å²) in [6, 6.07) is 8.74. The van der Waals surface area contributed by atoms with Crippen molar-refractivity contribution in [1.29, 1.82) is 0 Å². The Morgan fingerprint density at radius 2 is 2.17 bits per heavy atom. The van der Waals surface area contributed by atoms with E-state index in [0.29, 0.717) is 28.3 Å². The van der Waals surface area contributed by atoms with Gasteiger partial charge in [0.1, 0.15) is 17.7 Å². The number of hydrogen-bond donors (Lipinski definition) is 0. The summed E-state index contributed by atoms with van der Waals surface area (Å²) >= 11 is 5.89. The zero-order chi connectivity index (χ0) is 13.0. The van der Waals surface area contributed by atoms with Crippen molar-refractivity contribution in [2.75, 3.05) is 7.11 Å². The molecule has 2 aromatic rings. The maximum atomic E-state index is 10.6. The fourth-order valence-electron chi connectivity index (χ4n) is 1.39. The monoisotopic (exact) mass is 263 g/mol. The third-order valence-electron chi connectivity index (χ3n) is 2.28. The molecule has 4 nitrogen and oxygen atoms in total. The van der Waals surface area contributed by atoms with Crippen LogP contribution in [-0.4, -0.2) is 13.4 Å². The third-order valence-corrected chi connectivity index (χ3v) is 2.60. The van der Waals surface area contributed by atoms with Crippen LogP contribution in [0, 0.1) is 0 Å². The van der Waals surface area contributed by atoms with Crippen molar-refractivity contribution in [3.63, 3.8) is 0 Å². The van der Waals surface area contributed by atoms with Gasteiger partial charge in [0.25, 0.3) is 0 Å². The Hall–Kier alpha value is -2.07. The summed E-state index contributed by atoms with van der Waals surface area (Å²) in [4.78, 5) is 14.9. The SMILES string of the molecule is COc1ccccc1N=c1cc(Cl)c(C=O)co1. The van der Waals surface area contributed by atoms with E-state index in [1.165, 1.54) is 12.3 Å². The van der Waals surface area contributed by atoms with Crippen molar-refractivity contribution in [3.8, 4) is 5.75 Å². The molecule has 92 valence electrons. The molecule has 2 rings (SSSR count). The predicted octanol–water partition coefficient (Wildman–Crippen LogP) is 2.99. The van der Waals surface area contributed by atoms with Crippen molar-refractivity contribution in [2.45, 2.75) is 0 Å². The maximum absolute atomic E-state index is 10.6. The molecular weight excluding hydrogens is 254 g/mol. The number of carbonyl (C=O) groups is 1. The third kappa shape index (κ3) is 2.60. The van der Waals surface area contributed by atoms with Gasteiger partial charge in [-0.3, -0.25) is 4.79 Å². The molecule has 0 spiro atoms. The minimum atomic E-state index is 0.288. The Bertz CT molecular complexity index is 634. The largest absolute Gasteiger partial charge is 0.494 e. The van der Waals surface area contributed by atoms with Crippen LogP contribution >= 0.6 is 11.6 Å². The summed E-state index contributed by atoms with van der Waals surface area (Å²) in [5, 5.41) is 0.296. The van der Waals surface area contributed by atoms with Gasteiger partial charge in [0.2, 0.25) is 5.55 Å². The number of benzene rings is 1. The van der Waals surface area contributed by atoms with Gasteiger partial charge in [-0.2, -0.15) is 0 Å². The average molecular weight is 264 g/mol. The number of rotatable bonds is 3. The van der Waals surface area contributed by atoms with Crippen molar-refractivity contribution in [2.24, 2.45) is 4.99 Å². The van der Waals surface area contributed by atoms with E-state index in [4.69, 9.17) is 20.8 Å². The molecule has 0 saturated heterocycles. The van der Waals surface area contributed by atoms with Crippen LogP contribution in [-0.2, 0) is 0 Å². The van der Waals surface area contributed by atoms with Crippen LogP contribution in [0.1, 0.15) is 10.4 Å². The first-order valence-corrected chi connectivity index (χ1v) is 5.53. The Morgan fingerprint density at radius 1 is 1.39 bits per heavy atom. The predicted molar refractivity (Wildman–Crippen MR) is 67.3 cm³/mol. The van der Waals surface area contributed by atoms with Crippen LogP contribution in [0.25, 0.3) is 0 Å². The first-order chi connectivity index (χ1) is 8.74. The number of ether oxygens (including phenoxy) is 1. The van der Waals surface area contributed by atoms with Gasteiger partial charge in [-0.05, 0) is 12.1 Å². The molecule has 0 unspecified atom stereocenters. The highest BCUT2D eigenvalue weighted by Crippen LogP contribution is 2.25. The van der Waals surface area contributed by atoms with Gasteiger partial charge in [0, 0.05) is 6.07 Å². The molecule has 0 aliphatic rings. The van der Waals surface area contributed by atoms with Crippen molar-refractivity contribution < 1.29 is 13.9 Å². The standard InChI is InChI=1S/C13H10ClNO3/c1-17-12-5-3-2-4-11(12)15-13-6-10(14)9(7-16)8-18-13/h2-8H,1H3. The highest BCUT2D eigenvalue weighted by Gasteiger charge is 2.02. The van der Waals surface area contributed by atoms with Gasteiger partial charge in [0.05, 0.1) is 17.7 Å². The second-order valence-electron chi connectivity index (χ2n) is 3.42. The summed E-state index contributed by atoms with van der Waals surface area (Å²) in [5.41, 5.74) is 1.21. The molecule has 0 aliphatic carbocycles. The fraction of sp³-hybridized carbons (Fsp3) is 0.0769. The van der Waals surface area contributed by atoms with Crippen LogP contribution in [0.2, 0.25) is 5.02 Å². The Balaban J connectivity index is 2.50. The van der Waals surface area contributed by atoms with Crippen LogP contribution in [0.3, 0.4) is 0 Å². The van der Waals surface area contributed by atoms with Crippen molar-refractivity contribution in [1.82, 2.24) is 0 Å². The average Bonchev–Trinajstić information content (AvgIpc) is 2.39. The molecule has 0 bridgehead atoms. The molecule has 18 heavy (non-hydrogen) atoms. The van der Waals surface area contributed by atoms with Gasteiger partial charge in [0.15, 0.2) is 6.29 Å². The molecule has 0 atom stereocenters. The second-order valence-corrected chi connectivity index (χ2v) is 3.83. The molecule has 0 aliphatic heterocycles. The molecule has 1 aromatic carbocycles. The van der Waals surface area contributed by atoms with Crippen LogP contribution in [0.4, 0.5) is 5.69 Å². The lowest BCUT2D eigenvalue weighted by Gasteiger charge is -2.02.